The molecule has 0 saturated heterocycles. The number of ether oxygens (including phenoxy) is 1. The molecule has 2 atom stereocenters. The summed E-state index contributed by atoms with van der Waals surface area (Å²) in [6.07, 6.45) is -0.624. The molecule has 0 aromatic heterocycles. The number of hydrogen-bond acceptors (Lipinski definition) is 3. The zero-order chi connectivity index (χ0) is 15.1. The third-order valence-electron chi connectivity index (χ3n) is 3.22. The first-order valence-electron chi connectivity index (χ1n) is 7.00. The van der Waals surface area contributed by atoms with Gasteiger partial charge in [0.15, 0.2) is 0 Å². The van der Waals surface area contributed by atoms with Crippen molar-refractivity contribution >= 4 is 0 Å². The second-order valence-electron chi connectivity index (χ2n) is 4.96. The van der Waals surface area contributed by atoms with Gasteiger partial charge in [0.1, 0.15) is 24.3 Å². The van der Waals surface area contributed by atoms with Crippen LogP contribution in [0.25, 0.3) is 0 Å². The molecule has 0 bridgehead atoms. The van der Waals surface area contributed by atoms with Gasteiger partial charge >= 0.3 is 0 Å². The number of aliphatic hydroxyl groups is 1. The molecule has 2 rings (SSSR count). The number of rotatable bonds is 7. The lowest BCUT2D eigenvalue weighted by atomic mass is 10.1. The van der Waals surface area contributed by atoms with Gasteiger partial charge in [-0.3, -0.25) is 0 Å². The molecule has 0 unspecified atom stereocenters. The predicted octanol–water partition coefficient (Wildman–Crippen LogP) is 2.92. The molecule has 0 aliphatic carbocycles. The van der Waals surface area contributed by atoms with Crippen molar-refractivity contribution in [1.29, 1.82) is 0 Å². The summed E-state index contributed by atoms with van der Waals surface area (Å²) in [5.41, 5.74) is 1.17. The summed E-state index contributed by atoms with van der Waals surface area (Å²) in [7, 11) is 0. The second kappa shape index (κ2) is 7.76. The summed E-state index contributed by atoms with van der Waals surface area (Å²) in [5, 5.41) is 13.2. The van der Waals surface area contributed by atoms with Crippen LogP contribution in [0.5, 0.6) is 5.75 Å². The first-order valence-corrected chi connectivity index (χ1v) is 7.00. The Bertz CT molecular complexity index is 530. The Morgan fingerprint density at radius 3 is 2.43 bits per heavy atom. The van der Waals surface area contributed by atoms with Crippen molar-refractivity contribution in [3.63, 3.8) is 0 Å². The highest BCUT2D eigenvalue weighted by atomic mass is 19.1. The fourth-order valence-corrected chi connectivity index (χ4v) is 1.95. The van der Waals surface area contributed by atoms with Gasteiger partial charge in [0, 0.05) is 12.6 Å². The van der Waals surface area contributed by atoms with Crippen LogP contribution in [0, 0.1) is 5.82 Å². The zero-order valence-corrected chi connectivity index (χ0v) is 12.0. The minimum absolute atomic E-state index is 0.159. The van der Waals surface area contributed by atoms with Crippen LogP contribution in [0.3, 0.4) is 0 Å². The van der Waals surface area contributed by atoms with E-state index >= 15 is 0 Å². The SMILES string of the molecule is C[C@@H](NC[C@H](O)COc1ccc(F)cc1)c1ccccc1. The number of hydrogen-bond donors (Lipinski definition) is 2. The summed E-state index contributed by atoms with van der Waals surface area (Å²) >= 11 is 0. The maximum atomic E-state index is 12.7. The predicted molar refractivity (Wildman–Crippen MR) is 80.8 cm³/mol. The molecule has 0 saturated carbocycles. The first-order chi connectivity index (χ1) is 10.1. The molecule has 2 aromatic rings. The third kappa shape index (κ3) is 5.17. The Balaban J connectivity index is 1.72. The maximum absolute atomic E-state index is 12.7. The Morgan fingerprint density at radius 1 is 1.10 bits per heavy atom. The van der Waals surface area contributed by atoms with Crippen molar-refractivity contribution in [3.8, 4) is 5.75 Å². The average Bonchev–Trinajstić information content (AvgIpc) is 2.53. The Kier molecular flexibility index (Phi) is 5.72. The van der Waals surface area contributed by atoms with Crippen LogP contribution in [0.4, 0.5) is 4.39 Å². The van der Waals surface area contributed by atoms with Crippen LogP contribution >= 0.6 is 0 Å². The number of benzene rings is 2. The van der Waals surface area contributed by atoms with Crippen molar-refractivity contribution in [2.45, 2.75) is 19.1 Å². The van der Waals surface area contributed by atoms with E-state index in [0.29, 0.717) is 12.3 Å². The van der Waals surface area contributed by atoms with E-state index in [2.05, 4.69) is 5.32 Å². The molecule has 0 heterocycles. The van der Waals surface area contributed by atoms with Crippen LogP contribution in [-0.4, -0.2) is 24.4 Å². The van der Waals surface area contributed by atoms with Gasteiger partial charge in [-0.25, -0.2) is 4.39 Å². The summed E-state index contributed by atoms with van der Waals surface area (Å²) in [6, 6.07) is 15.9. The molecular formula is C17H20FNO2. The van der Waals surface area contributed by atoms with Crippen LogP contribution in [0.2, 0.25) is 0 Å². The normalized spacial score (nSPS) is 13.7. The monoisotopic (exact) mass is 289 g/mol. The molecule has 3 nitrogen and oxygen atoms in total. The summed E-state index contributed by atoms with van der Waals surface area (Å²) in [5.74, 6) is 0.243. The van der Waals surface area contributed by atoms with E-state index in [-0.39, 0.29) is 18.5 Å². The van der Waals surface area contributed by atoms with Gasteiger partial charge in [0.05, 0.1) is 0 Å². The lowest BCUT2D eigenvalue weighted by Gasteiger charge is -2.18. The average molecular weight is 289 g/mol. The zero-order valence-electron chi connectivity index (χ0n) is 12.0. The summed E-state index contributed by atoms with van der Waals surface area (Å²) in [4.78, 5) is 0. The molecular weight excluding hydrogens is 269 g/mol. The quantitative estimate of drug-likeness (QED) is 0.823. The van der Waals surface area contributed by atoms with E-state index in [1.807, 2.05) is 37.3 Å². The Hall–Kier alpha value is -1.91. The second-order valence-corrected chi connectivity index (χ2v) is 4.96. The van der Waals surface area contributed by atoms with Gasteiger partial charge in [0.25, 0.3) is 0 Å². The van der Waals surface area contributed by atoms with Crippen LogP contribution in [0.1, 0.15) is 18.5 Å². The van der Waals surface area contributed by atoms with Crippen molar-refractivity contribution in [1.82, 2.24) is 5.32 Å². The van der Waals surface area contributed by atoms with E-state index in [1.54, 1.807) is 12.1 Å². The Labute approximate surface area is 124 Å². The molecule has 2 aromatic carbocycles. The minimum atomic E-state index is -0.624. The van der Waals surface area contributed by atoms with E-state index < -0.39 is 6.10 Å². The van der Waals surface area contributed by atoms with Crippen molar-refractivity contribution in [3.05, 3.63) is 66.0 Å². The molecule has 0 radical (unpaired) electrons. The van der Waals surface area contributed by atoms with E-state index in [9.17, 15) is 9.50 Å². The number of halogens is 1. The Morgan fingerprint density at radius 2 is 1.76 bits per heavy atom. The highest BCUT2D eigenvalue weighted by Gasteiger charge is 2.09. The molecule has 0 spiro atoms. The fourth-order valence-electron chi connectivity index (χ4n) is 1.95. The van der Waals surface area contributed by atoms with Gasteiger partial charge in [-0.1, -0.05) is 30.3 Å². The van der Waals surface area contributed by atoms with Crippen LogP contribution in [-0.2, 0) is 0 Å². The number of aliphatic hydroxyl groups excluding tert-OH is 1. The van der Waals surface area contributed by atoms with E-state index in [1.165, 1.54) is 17.7 Å². The first kappa shape index (κ1) is 15.5. The molecule has 0 fully saturated rings. The van der Waals surface area contributed by atoms with Gasteiger partial charge in [-0.2, -0.15) is 0 Å². The third-order valence-corrected chi connectivity index (χ3v) is 3.22. The van der Waals surface area contributed by atoms with Gasteiger partial charge in [-0.15, -0.1) is 0 Å². The summed E-state index contributed by atoms with van der Waals surface area (Å²) < 4.78 is 18.1. The standard InChI is InChI=1S/C17H20FNO2/c1-13(14-5-3-2-4-6-14)19-11-16(20)12-21-17-9-7-15(18)8-10-17/h2-10,13,16,19-20H,11-12H2,1H3/t13-,16+/m1/s1. The van der Waals surface area contributed by atoms with Gasteiger partial charge in [0.2, 0.25) is 0 Å². The molecule has 0 aliphatic heterocycles. The molecule has 4 heteroatoms. The van der Waals surface area contributed by atoms with E-state index in [4.69, 9.17) is 4.74 Å². The van der Waals surface area contributed by atoms with Gasteiger partial charge < -0.3 is 15.2 Å². The topological polar surface area (TPSA) is 41.5 Å². The molecule has 0 aliphatic rings. The van der Waals surface area contributed by atoms with E-state index in [0.717, 1.165) is 0 Å². The van der Waals surface area contributed by atoms with Crippen LogP contribution in [0.15, 0.2) is 54.6 Å². The van der Waals surface area contributed by atoms with Crippen LogP contribution < -0.4 is 10.1 Å². The van der Waals surface area contributed by atoms with Gasteiger partial charge in [-0.05, 0) is 36.8 Å². The highest BCUT2D eigenvalue weighted by molar-refractivity contribution is 5.22. The minimum Gasteiger partial charge on any atom is -0.491 e. The highest BCUT2D eigenvalue weighted by Crippen LogP contribution is 2.12. The largest absolute Gasteiger partial charge is 0.491 e. The molecule has 0 amide bonds. The molecule has 21 heavy (non-hydrogen) atoms. The maximum Gasteiger partial charge on any atom is 0.123 e. The lowest BCUT2D eigenvalue weighted by molar-refractivity contribution is 0.104. The van der Waals surface area contributed by atoms with Crippen molar-refractivity contribution in [2.75, 3.05) is 13.2 Å². The number of nitrogens with one attached hydrogen (secondary N) is 1. The van der Waals surface area contributed by atoms with Crippen molar-refractivity contribution in [2.24, 2.45) is 0 Å². The molecule has 112 valence electrons. The lowest BCUT2D eigenvalue weighted by Crippen LogP contribution is -2.33. The van der Waals surface area contributed by atoms with Crippen molar-refractivity contribution < 1.29 is 14.2 Å². The summed E-state index contributed by atoms with van der Waals surface area (Å²) in [6.45, 7) is 2.64. The fraction of sp³-hybridized carbons (Fsp3) is 0.294. The molecule has 2 N–H and O–H groups in total. The smallest absolute Gasteiger partial charge is 0.123 e.